The molecule has 1 aliphatic heterocycles. The number of sulfonamides is 1. The molecular formula is C12H18N4O3S. The van der Waals surface area contributed by atoms with Gasteiger partial charge in [-0.05, 0) is 37.5 Å². The Labute approximate surface area is 117 Å². The van der Waals surface area contributed by atoms with Crippen molar-refractivity contribution in [2.45, 2.75) is 30.2 Å². The van der Waals surface area contributed by atoms with Crippen molar-refractivity contribution in [2.75, 3.05) is 17.2 Å². The van der Waals surface area contributed by atoms with Crippen molar-refractivity contribution >= 4 is 27.3 Å². The van der Waals surface area contributed by atoms with Crippen LogP contribution in [0.4, 0.5) is 11.4 Å². The third-order valence-corrected chi connectivity index (χ3v) is 4.38. The minimum atomic E-state index is -3.79. The maximum atomic E-state index is 11.5. The topological polar surface area (TPSA) is 133 Å². The smallest absolute Gasteiger partial charge is 0.240 e. The lowest BCUT2D eigenvalue weighted by molar-refractivity contribution is -0.119. The van der Waals surface area contributed by atoms with Gasteiger partial charge < -0.3 is 16.4 Å². The van der Waals surface area contributed by atoms with E-state index >= 15 is 0 Å². The fourth-order valence-electron chi connectivity index (χ4n) is 2.49. The second-order valence-electron chi connectivity index (χ2n) is 4.87. The molecular weight excluding hydrogens is 280 g/mol. The minimum absolute atomic E-state index is 0.0496. The number of primary sulfonamides is 1. The first kappa shape index (κ1) is 14.6. The molecule has 1 heterocycles. The zero-order chi connectivity index (χ0) is 14.9. The lowest BCUT2D eigenvalue weighted by Crippen LogP contribution is -2.48. The number of anilines is 2. The van der Waals surface area contributed by atoms with E-state index in [9.17, 15) is 13.2 Å². The van der Waals surface area contributed by atoms with E-state index in [1.807, 2.05) is 4.90 Å². The first-order valence-electron chi connectivity index (χ1n) is 6.29. The Bertz CT molecular complexity index is 630. The molecule has 0 aliphatic carbocycles. The van der Waals surface area contributed by atoms with Gasteiger partial charge in [0.25, 0.3) is 0 Å². The summed E-state index contributed by atoms with van der Waals surface area (Å²) in [5, 5.41) is 5.06. The van der Waals surface area contributed by atoms with Crippen molar-refractivity contribution in [3.63, 3.8) is 0 Å². The molecule has 1 aromatic rings. The van der Waals surface area contributed by atoms with Crippen molar-refractivity contribution in [1.82, 2.24) is 0 Å². The molecule has 1 saturated heterocycles. The lowest BCUT2D eigenvalue weighted by atomic mass is 10.0. The van der Waals surface area contributed by atoms with Crippen LogP contribution in [0, 0.1) is 0 Å². The van der Waals surface area contributed by atoms with E-state index in [1.165, 1.54) is 12.1 Å². The average molecular weight is 298 g/mol. The summed E-state index contributed by atoms with van der Waals surface area (Å²) >= 11 is 0. The van der Waals surface area contributed by atoms with Crippen molar-refractivity contribution in [3.05, 3.63) is 18.2 Å². The highest BCUT2D eigenvalue weighted by Crippen LogP contribution is 2.31. The molecule has 0 aromatic heterocycles. The van der Waals surface area contributed by atoms with Crippen LogP contribution in [0.3, 0.4) is 0 Å². The van der Waals surface area contributed by atoms with Gasteiger partial charge in [-0.15, -0.1) is 0 Å². The predicted octanol–water partition coefficient (Wildman–Crippen LogP) is -0.240. The van der Waals surface area contributed by atoms with E-state index in [2.05, 4.69) is 0 Å². The summed E-state index contributed by atoms with van der Waals surface area (Å²) in [6.45, 7) is 0.659. The maximum Gasteiger partial charge on any atom is 0.240 e. The molecule has 1 atom stereocenters. The summed E-state index contributed by atoms with van der Waals surface area (Å²) in [6.07, 6.45) is 2.53. The van der Waals surface area contributed by atoms with Gasteiger partial charge in [-0.3, -0.25) is 4.79 Å². The molecule has 8 heteroatoms. The van der Waals surface area contributed by atoms with Crippen LogP contribution in [0.1, 0.15) is 19.3 Å². The molecule has 0 radical (unpaired) electrons. The van der Waals surface area contributed by atoms with Crippen LogP contribution in [0.25, 0.3) is 0 Å². The number of nitrogen functional groups attached to an aromatic ring is 1. The number of nitrogens with zero attached hydrogens (tertiary/aromatic N) is 1. The lowest BCUT2D eigenvalue weighted by Gasteiger charge is -2.36. The van der Waals surface area contributed by atoms with Crippen molar-refractivity contribution in [1.29, 1.82) is 0 Å². The third kappa shape index (κ3) is 2.86. The van der Waals surface area contributed by atoms with Gasteiger partial charge >= 0.3 is 0 Å². The summed E-state index contributed by atoms with van der Waals surface area (Å²) in [5.74, 6) is -0.403. The fourth-order valence-corrected chi connectivity index (χ4v) is 3.04. The predicted molar refractivity (Wildman–Crippen MR) is 76.4 cm³/mol. The van der Waals surface area contributed by atoms with Crippen molar-refractivity contribution in [2.24, 2.45) is 10.9 Å². The van der Waals surface area contributed by atoms with Gasteiger partial charge in [0.1, 0.15) is 6.04 Å². The molecule has 20 heavy (non-hydrogen) atoms. The number of carbonyl (C=O) groups excluding carboxylic acids is 1. The van der Waals surface area contributed by atoms with Crippen LogP contribution in [0.2, 0.25) is 0 Å². The van der Waals surface area contributed by atoms with Gasteiger partial charge in [0.05, 0.1) is 16.3 Å². The van der Waals surface area contributed by atoms with Gasteiger partial charge in [-0.1, -0.05) is 0 Å². The second kappa shape index (κ2) is 5.29. The minimum Gasteiger partial charge on any atom is -0.397 e. The number of hydrogen-bond donors (Lipinski definition) is 3. The maximum absolute atomic E-state index is 11.5. The molecule has 110 valence electrons. The van der Waals surface area contributed by atoms with Crippen LogP contribution in [-0.4, -0.2) is 26.9 Å². The number of amides is 1. The van der Waals surface area contributed by atoms with Crippen molar-refractivity contribution in [3.8, 4) is 0 Å². The Hall–Kier alpha value is -1.80. The molecule has 1 amide bonds. The summed E-state index contributed by atoms with van der Waals surface area (Å²) in [5.41, 5.74) is 12.2. The standard InChI is InChI=1S/C12H18N4O3S/c13-9-7-8(20(15,18)19)4-5-10(9)16-6-2-1-3-11(16)12(14)17/h4-5,7,11H,1-3,6,13H2,(H2,14,17)(H2,15,18,19). The van der Waals surface area contributed by atoms with E-state index in [-0.39, 0.29) is 10.6 Å². The summed E-state index contributed by atoms with van der Waals surface area (Å²) < 4.78 is 22.6. The van der Waals surface area contributed by atoms with E-state index in [0.29, 0.717) is 18.7 Å². The van der Waals surface area contributed by atoms with Crippen LogP contribution >= 0.6 is 0 Å². The molecule has 6 N–H and O–H groups in total. The number of carbonyl (C=O) groups is 1. The number of rotatable bonds is 3. The highest BCUT2D eigenvalue weighted by molar-refractivity contribution is 7.89. The van der Waals surface area contributed by atoms with Gasteiger partial charge in [0, 0.05) is 6.54 Å². The Morgan fingerprint density at radius 2 is 2.00 bits per heavy atom. The molecule has 0 saturated carbocycles. The Morgan fingerprint density at radius 1 is 1.30 bits per heavy atom. The quantitative estimate of drug-likeness (QED) is 0.662. The largest absolute Gasteiger partial charge is 0.397 e. The first-order chi connectivity index (χ1) is 9.30. The molecule has 7 nitrogen and oxygen atoms in total. The highest BCUT2D eigenvalue weighted by Gasteiger charge is 2.28. The van der Waals surface area contributed by atoms with E-state index in [0.717, 1.165) is 12.8 Å². The number of benzene rings is 1. The summed E-state index contributed by atoms with van der Waals surface area (Å²) in [7, 11) is -3.79. The highest BCUT2D eigenvalue weighted by atomic mass is 32.2. The second-order valence-corrected chi connectivity index (χ2v) is 6.43. The van der Waals surface area contributed by atoms with Crippen LogP contribution in [0.15, 0.2) is 23.1 Å². The fraction of sp³-hybridized carbons (Fsp3) is 0.417. The molecule has 1 aliphatic rings. The Morgan fingerprint density at radius 3 is 2.55 bits per heavy atom. The van der Waals surface area contributed by atoms with Crippen LogP contribution in [-0.2, 0) is 14.8 Å². The van der Waals surface area contributed by atoms with E-state index < -0.39 is 22.0 Å². The zero-order valence-corrected chi connectivity index (χ0v) is 11.8. The van der Waals surface area contributed by atoms with Gasteiger partial charge in [0.15, 0.2) is 0 Å². The van der Waals surface area contributed by atoms with Crippen molar-refractivity contribution < 1.29 is 13.2 Å². The number of piperidine rings is 1. The van der Waals surface area contributed by atoms with Crippen LogP contribution in [0.5, 0.6) is 0 Å². The molecule has 2 rings (SSSR count). The van der Waals surface area contributed by atoms with E-state index in [1.54, 1.807) is 6.07 Å². The normalized spacial score (nSPS) is 19.9. The molecule has 0 spiro atoms. The average Bonchev–Trinajstić information content (AvgIpc) is 2.37. The number of nitrogens with two attached hydrogens (primary N) is 3. The van der Waals surface area contributed by atoms with E-state index in [4.69, 9.17) is 16.6 Å². The third-order valence-electron chi connectivity index (χ3n) is 3.47. The molecule has 0 bridgehead atoms. The van der Waals surface area contributed by atoms with Crippen LogP contribution < -0.4 is 21.5 Å². The van der Waals surface area contributed by atoms with Gasteiger partial charge in [-0.2, -0.15) is 0 Å². The Kier molecular flexibility index (Phi) is 3.87. The molecule has 1 unspecified atom stereocenters. The van der Waals surface area contributed by atoms with Gasteiger partial charge in [-0.25, -0.2) is 13.6 Å². The van der Waals surface area contributed by atoms with Gasteiger partial charge in [0.2, 0.25) is 15.9 Å². The summed E-state index contributed by atoms with van der Waals surface area (Å²) in [4.78, 5) is 13.3. The molecule has 1 aromatic carbocycles. The monoisotopic (exact) mass is 298 g/mol. The SMILES string of the molecule is NC(=O)C1CCCCN1c1ccc(S(N)(=O)=O)cc1N. The number of primary amides is 1. The first-order valence-corrected chi connectivity index (χ1v) is 7.83. The summed E-state index contributed by atoms with van der Waals surface area (Å²) in [6, 6.07) is 3.84. The Balaban J connectivity index is 2.39. The molecule has 1 fully saturated rings. The number of hydrogen-bond acceptors (Lipinski definition) is 5. The zero-order valence-electron chi connectivity index (χ0n) is 11.0.